The van der Waals surface area contributed by atoms with E-state index in [1.807, 2.05) is 0 Å². The molecule has 1 fully saturated rings. The average Bonchev–Trinajstić information content (AvgIpc) is 3.40. The van der Waals surface area contributed by atoms with Crippen LogP contribution in [-0.4, -0.2) is 29.1 Å². The molecule has 142 valence electrons. The second kappa shape index (κ2) is 6.82. The lowest BCUT2D eigenvalue weighted by atomic mass is 9.96. The van der Waals surface area contributed by atoms with Crippen LogP contribution in [0.3, 0.4) is 0 Å². The number of primary amides is 1. The standard InChI is InChI=1S/C18H19N3O6/c19-17(23)18(5-1-2-6-18)21-16(22)12-8-25-15(20-12)9-24-11-3-4-13-14(7-11)27-10-26-13/h3-4,7-8H,1-2,5-6,9-10H2,(H2,19,23)(H,21,22). The highest BCUT2D eigenvalue weighted by molar-refractivity contribution is 5.97. The number of hydrogen-bond donors (Lipinski definition) is 2. The third kappa shape index (κ3) is 3.40. The number of nitrogens with zero attached hydrogens (tertiary/aromatic N) is 1. The van der Waals surface area contributed by atoms with Crippen LogP contribution >= 0.6 is 0 Å². The van der Waals surface area contributed by atoms with Gasteiger partial charge >= 0.3 is 0 Å². The second-order valence-corrected chi connectivity index (χ2v) is 6.54. The number of rotatable bonds is 6. The lowest BCUT2D eigenvalue weighted by Crippen LogP contribution is -2.55. The first-order valence-corrected chi connectivity index (χ1v) is 8.65. The molecule has 2 amide bonds. The third-order valence-electron chi connectivity index (χ3n) is 4.77. The maximum absolute atomic E-state index is 12.4. The molecular weight excluding hydrogens is 354 g/mol. The fourth-order valence-corrected chi connectivity index (χ4v) is 3.29. The third-order valence-corrected chi connectivity index (χ3v) is 4.77. The number of oxazole rings is 1. The highest BCUT2D eigenvalue weighted by atomic mass is 16.7. The van der Waals surface area contributed by atoms with Crippen molar-refractivity contribution in [2.45, 2.75) is 37.8 Å². The summed E-state index contributed by atoms with van der Waals surface area (Å²) in [6, 6.07) is 5.19. The zero-order chi connectivity index (χ0) is 18.9. The summed E-state index contributed by atoms with van der Waals surface area (Å²) in [5, 5.41) is 2.72. The first kappa shape index (κ1) is 17.2. The molecule has 2 heterocycles. The smallest absolute Gasteiger partial charge is 0.274 e. The molecule has 0 saturated heterocycles. The van der Waals surface area contributed by atoms with E-state index >= 15 is 0 Å². The van der Waals surface area contributed by atoms with Crippen LogP contribution in [0.5, 0.6) is 17.2 Å². The van der Waals surface area contributed by atoms with Crippen LogP contribution in [0.25, 0.3) is 0 Å². The number of amides is 2. The van der Waals surface area contributed by atoms with E-state index in [4.69, 9.17) is 24.4 Å². The van der Waals surface area contributed by atoms with Gasteiger partial charge in [0, 0.05) is 6.07 Å². The van der Waals surface area contributed by atoms with Crippen LogP contribution in [0, 0.1) is 0 Å². The van der Waals surface area contributed by atoms with Crippen molar-refractivity contribution in [1.29, 1.82) is 0 Å². The monoisotopic (exact) mass is 373 g/mol. The zero-order valence-corrected chi connectivity index (χ0v) is 14.5. The van der Waals surface area contributed by atoms with Gasteiger partial charge in [-0.1, -0.05) is 12.8 Å². The number of fused-ring (bicyclic) bond motifs is 1. The average molecular weight is 373 g/mol. The maximum atomic E-state index is 12.4. The summed E-state index contributed by atoms with van der Waals surface area (Å²) in [4.78, 5) is 28.3. The van der Waals surface area contributed by atoms with E-state index in [1.165, 1.54) is 6.26 Å². The fraction of sp³-hybridized carbons (Fsp3) is 0.389. The summed E-state index contributed by atoms with van der Waals surface area (Å²) in [5.41, 5.74) is 4.55. The van der Waals surface area contributed by atoms with Crippen molar-refractivity contribution in [1.82, 2.24) is 10.3 Å². The number of ether oxygens (including phenoxy) is 3. The summed E-state index contributed by atoms with van der Waals surface area (Å²) >= 11 is 0. The molecule has 0 spiro atoms. The minimum absolute atomic E-state index is 0.0356. The van der Waals surface area contributed by atoms with E-state index in [-0.39, 0.29) is 25.0 Å². The molecule has 0 bridgehead atoms. The van der Waals surface area contributed by atoms with Crippen molar-refractivity contribution in [3.05, 3.63) is 36.0 Å². The molecule has 2 aromatic rings. The van der Waals surface area contributed by atoms with Gasteiger partial charge in [-0.25, -0.2) is 4.98 Å². The van der Waals surface area contributed by atoms with Crippen LogP contribution in [-0.2, 0) is 11.4 Å². The minimum Gasteiger partial charge on any atom is -0.484 e. The molecule has 1 aromatic heterocycles. The molecule has 4 rings (SSSR count). The van der Waals surface area contributed by atoms with Gasteiger partial charge in [0.05, 0.1) is 0 Å². The van der Waals surface area contributed by atoms with Gasteiger partial charge < -0.3 is 29.7 Å². The van der Waals surface area contributed by atoms with Gasteiger partial charge in [-0.15, -0.1) is 0 Å². The molecule has 1 aliphatic carbocycles. The molecule has 0 radical (unpaired) electrons. The van der Waals surface area contributed by atoms with Crippen LogP contribution < -0.4 is 25.3 Å². The van der Waals surface area contributed by atoms with E-state index in [1.54, 1.807) is 18.2 Å². The van der Waals surface area contributed by atoms with E-state index in [9.17, 15) is 9.59 Å². The van der Waals surface area contributed by atoms with Crippen molar-refractivity contribution < 1.29 is 28.2 Å². The lowest BCUT2D eigenvalue weighted by Gasteiger charge is -2.25. The first-order chi connectivity index (χ1) is 13.1. The number of aromatic nitrogens is 1. The van der Waals surface area contributed by atoms with E-state index in [0.717, 1.165) is 12.8 Å². The quantitative estimate of drug-likeness (QED) is 0.786. The Bertz CT molecular complexity index is 872. The summed E-state index contributed by atoms with van der Waals surface area (Å²) < 4.78 is 21.4. The van der Waals surface area contributed by atoms with Crippen LogP contribution in [0.15, 0.2) is 28.9 Å². The Morgan fingerprint density at radius 2 is 2.00 bits per heavy atom. The van der Waals surface area contributed by atoms with E-state index < -0.39 is 17.4 Å². The van der Waals surface area contributed by atoms with Crippen molar-refractivity contribution in [2.75, 3.05) is 6.79 Å². The van der Waals surface area contributed by atoms with Gasteiger partial charge in [-0.3, -0.25) is 9.59 Å². The number of hydrogen-bond acceptors (Lipinski definition) is 7. The number of nitrogens with two attached hydrogens (primary N) is 1. The number of carbonyl (C=O) groups is 2. The number of nitrogens with one attached hydrogen (secondary N) is 1. The fourth-order valence-electron chi connectivity index (χ4n) is 3.29. The van der Waals surface area contributed by atoms with Gasteiger partial charge in [-0.05, 0) is 25.0 Å². The summed E-state index contributed by atoms with van der Waals surface area (Å²) in [6.45, 7) is 0.220. The van der Waals surface area contributed by atoms with Crippen LogP contribution in [0.1, 0.15) is 42.1 Å². The predicted molar refractivity (Wildman–Crippen MR) is 91.3 cm³/mol. The molecular formula is C18H19N3O6. The van der Waals surface area contributed by atoms with Gasteiger partial charge in [0.15, 0.2) is 23.8 Å². The molecule has 0 atom stereocenters. The topological polar surface area (TPSA) is 126 Å². The Hall–Kier alpha value is -3.23. The Morgan fingerprint density at radius 1 is 1.22 bits per heavy atom. The summed E-state index contributed by atoms with van der Waals surface area (Å²) in [6.07, 6.45) is 3.99. The van der Waals surface area contributed by atoms with Crippen LogP contribution in [0.2, 0.25) is 0 Å². The number of carbonyl (C=O) groups excluding carboxylic acids is 2. The van der Waals surface area contributed by atoms with Gasteiger partial charge in [-0.2, -0.15) is 0 Å². The second-order valence-electron chi connectivity index (χ2n) is 6.54. The largest absolute Gasteiger partial charge is 0.484 e. The Morgan fingerprint density at radius 3 is 2.78 bits per heavy atom. The first-order valence-electron chi connectivity index (χ1n) is 8.65. The normalized spacial score (nSPS) is 16.9. The van der Waals surface area contributed by atoms with Crippen molar-refractivity contribution in [3.63, 3.8) is 0 Å². The highest BCUT2D eigenvalue weighted by Gasteiger charge is 2.41. The molecule has 3 N–H and O–H groups in total. The molecule has 1 aliphatic heterocycles. The van der Waals surface area contributed by atoms with Crippen molar-refractivity contribution in [3.8, 4) is 17.2 Å². The lowest BCUT2D eigenvalue weighted by molar-refractivity contribution is -0.123. The van der Waals surface area contributed by atoms with Gasteiger partial charge in [0.1, 0.15) is 17.6 Å². The Labute approximate surface area is 154 Å². The van der Waals surface area contributed by atoms with E-state index in [0.29, 0.717) is 30.1 Å². The van der Waals surface area contributed by atoms with Crippen LogP contribution in [0.4, 0.5) is 0 Å². The zero-order valence-electron chi connectivity index (χ0n) is 14.5. The Kier molecular flexibility index (Phi) is 4.35. The molecule has 1 aromatic carbocycles. The predicted octanol–water partition coefficient (Wildman–Crippen LogP) is 1.51. The van der Waals surface area contributed by atoms with Crippen molar-refractivity contribution >= 4 is 11.8 Å². The van der Waals surface area contributed by atoms with Gasteiger partial charge in [0.25, 0.3) is 5.91 Å². The van der Waals surface area contributed by atoms with Crippen molar-refractivity contribution in [2.24, 2.45) is 5.73 Å². The highest BCUT2D eigenvalue weighted by Crippen LogP contribution is 2.35. The Balaban J connectivity index is 1.38. The minimum atomic E-state index is -1.00. The molecule has 9 nitrogen and oxygen atoms in total. The number of benzene rings is 1. The molecule has 1 saturated carbocycles. The molecule has 0 unspecified atom stereocenters. The molecule has 27 heavy (non-hydrogen) atoms. The summed E-state index contributed by atoms with van der Waals surface area (Å²) in [5.74, 6) is 1.04. The maximum Gasteiger partial charge on any atom is 0.274 e. The van der Waals surface area contributed by atoms with E-state index in [2.05, 4.69) is 10.3 Å². The molecule has 9 heteroatoms. The SMILES string of the molecule is NC(=O)C1(NC(=O)c2coc(COc3ccc4c(c3)OCO4)n2)CCCC1. The summed E-state index contributed by atoms with van der Waals surface area (Å²) in [7, 11) is 0. The van der Waals surface area contributed by atoms with Gasteiger partial charge in [0.2, 0.25) is 18.6 Å². The molecule has 2 aliphatic rings.